The first-order chi connectivity index (χ1) is 9.26. The predicted molar refractivity (Wildman–Crippen MR) is 80.3 cm³/mol. The van der Waals surface area contributed by atoms with Gasteiger partial charge in [-0.05, 0) is 49.0 Å². The highest BCUT2D eigenvalue weighted by molar-refractivity contribution is 5.86. The zero-order valence-electron chi connectivity index (χ0n) is 11.5. The number of unbranched alkanes of at least 4 members (excludes halogenated alkanes) is 1. The minimum absolute atomic E-state index is 0.221. The van der Waals surface area contributed by atoms with E-state index in [2.05, 4.69) is 18.1 Å². The molecule has 0 saturated carbocycles. The van der Waals surface area contributed by atoms with Gasteiger partial charge in [-0.3, -0.25) is 0 Å². The van der Waals surface area contributed by atoms with Gasteiger partial charge in [0.15, 0.2) is 0 Å². The lowest BCUT2D eigenvalue weighted by Gasteiger charge is -2.13. The second-order valence-corrected chi connectivity index (χ2v) is 5.16. The Kier molecular flexibility index (Phi) is 4.61. The summed E-state index contributed by atoms with van der Waals surface area (Å²) < 4.78 is 0. The van der Waals surface area contributed by atoms with Crippen LogP contribution in [0.4, 0.5) is 5.69 Å². The van der Waals surface area contributed by atoms with Crippen LogP contribution in [0.2, 0.25) is 0 Å². The van der Waals surface area contributed by atoms with Crippen LogP contribution in [-0.4, -0.2) is 11.4 Å². The summed E-state index contributed by atoms with van der Waals surface area (Å²) in [5.41, 5.74) is 10.7. The Balaban J connectivity index is 2.37. The summed E-state index contributed by atoms with van der Waals surface area (Å²) in [7, 11) is 0. The van der Waals surface area contributed by atoms with E-state index in [4.69, 9.17) is 10.9 Å². The van der Waals surface area contributed by atoms with E-state index >= 15 is 0 Å². The summed E-state index contributed by atoms with van der Waals surface area (Å²) in [6.07, 6.45) is 7.33. The minimum Gasteiger partial charge on any atom is -0.411 e. The number of nitrogens with zero attached hydrogens (tertiary/aromatic N) is 1. The summed E-state index contributed by atoms with van der Waals surface area (Å²) in [6.45, 7) is 2.21. The molecule has 3 nitrogen and oxygen atoms in total. The standard InChI is InChI=1S/C16H22N2O/c1-2-3-5-12-8-9-14(11-18-19)16(12)13-6-4-7-15(17)10-13/h4,6-7,10-11,14,19H,2-3,5,8-9,17H2,1H3. The fourth-order valence-corrected chi connectivity index (χ4v) is 2.87. The average Bonchev–Trinajstić information content (AvgIpc) is 2.80. The Bertz CT molecular complexity index is 491. The van der Waals surface area contributed by atoms with Crippen LogP contribution >= 0.6 is 0 Å². The second-order valence-electron chi connectivity index (χ2n) is 5.16. The maximum absolute atomic E-state index is 8.83. The Hall–Kier alpha value is -1.77. The SMILES string of the molecule is CCCCC1=C(c2cccc(N)c2)C(C=NO)CC1. The molecule has 0 aromatic heterocycles. The number of benzene rings is 1. The average molecular weight is 258 g/mol. The number of nitrogens with two attached hydrogens (primary N) is 1. The van der Waals surface area contributed by atoms with Crippen LogP contribution in [0.1, 0.15) is 44.6 Å². The Morgan fingerprint density at radius 2 is 2.32 bits per heavy atom. The molecule has 1 aromatic carbocycles. The van der Waals surface area contributed by atoms with Crippen LogP contribution in [0.3, 0.4) is 0 Å². The van der Waals surface area contributed by atoms with Crippen LogP contribution < -0.4 is 5.73 Å². The van der Waals surface area contributed by atoms with Crippen LogP contribution in [0.15, 0.2) is 35.0 Å². The zero-order valence-corrected chi connectivity index (χ0v) is 11.5. The van der Waals surface area contributed by atoms with E-state index in [9.17, 15) is 0 Å². The number of nitrogen functional groups attached to an aromatic ring is 1. The molecule has 1 atom stereocenters. The van der Waals surface area contributed by atoms with Gasteiger partial charge in [0, 0.05) is 11.6 Å². The van der Waals surface area contributed by atoms with Gasteiger partial charge in [0.1, 0.15) is 0 Å². The lowest BCUT2D eigenvalue weighted by Crippen LogP contribution is -2.01. The maximum atomic E-state index is 8.83. The number of rotatable bonds is 5. The van der Waals surface area contributed by atoms with Crippen molar-refractivity contribution >= 4 is 17.5 Å². The molecule has 102 valence electrons. The smallest absolute Gasteiger partial charge is 0.0511 e. The molecule has 0 aliphatic heterocycles. The molecule has 2 rings (SSSR count). The molecule has 0 bridgehead atoms. The fraction of sp³-hybridized carbons (Fsp3) is 0.438. The number of hydrogen-bond donors (Lipinski definition) is 2. The molecule has 0 spiro atoms. The van der Waals surface area contributed by atoms with Crippen LogP contribution in [0.5, 0.6) is 0 Å². The number of oxime groups is 1. The lowest BCUT2D eigenvalue weighted by molar-refractivity contribution is 0.319. The van der Waals surface area contributed by atoms with Gasteiger partial charge in [-0.1, -0.05) is 31.1 Å². The highest BCUT2D eigenvalue weighted by Crippen LogP contribution is 2.40. The van der Waals surface area contributed by atoms with Crippen molar-refractivity contribution in [1.29, 1.82) is 0 Å². The van der Waals surface area contributed by atoms with Crippen molar-refractivity contribution < 1.29 is 5.21 Å². The molecule has 1 aliphatic rings. The van der Waals surface area contributed by atoms with Crippen molar-refractivity contribution in [2.75, 3.05) is 5.73 Å². The number of anilines is 1. The third kappa shape index (κ3) is 3.16. The molecule has 0 saturated heterocycles. The van der Waals surface area contributed by atoms with Crippen molar-refractivity contribution in [2.45, 2.75) is 39.0 Å². The summed E-state index contributed by atoms with van der Waals surface area (Å²) in [5.74, 6) is 0.221. The van der Waals surface area contributed by atoms with E-state index in [1.54, 1.807) is 6.21 Å². The molecule has 3 heteroatoms. The number of hydrogen-bond acceptors (Lipinski definition) is 3. The third-order valence-electron chi connectivity index (χ3n) is 3.79. The van der Waals surface area contributed by atoms with Gasteiger partial charge in [-0.25, -0.2) is 0 Å². The van der Waals surface area contributed by atoms with E-state index in [0.29, 0.717) is 0 Å². The van der Waals surface area contributed by atoms with Gasteiger partial charge in [0.25, 0.3) is 0 Å². The van der Waals surface area contributed by atoms with Crippen molar-refractivity contribution in [2.24, 2.45) is 11.1 Å². The topological polar surface area (TPSA) is 58.6 Å². The lowest BCUT2D eigenvalue weighted by atomic mass is 9.93. The molecule has 1 unspecified atom stereocenters. The summed E-state index contributed by atoms with van der Waals surface area (Å²) >= 11 is 0. The van der Waals surface area contributed by atoms with Gasteiger partial charge in [-0.15, -0.1) is 5.16 Å². The van der Waals surface area contributed by atoms with E-state index in [0.717, 1.165) is 24.9 Å². The first-order valence-corrected chi connectivity index (χ1v) is 7.01. The Morgan fingerprint density at radius 1 is 1.47 bits per heavy atom. The predicted octanol–water partition coefficient (Wildman–Crippen LogP) is 4.08. The van der Waals surface area contributed by atoms with Crippen molar-refractivity contribution in [3.05, 3.63) is 35.4 Å². The Morgan fingerprint density at radius 3 is 3.00 bits per heavy atom. The van der Waals surface area contributed by atoms with Crippen LogP contribution in [0, 0.1) is 5.92 Å². The van der Waals surface area contributed by atoms with Gasteiger partial charge in [-0.2, -0.15) is 0 Å². The summed E-state index contributed by atoms with van der Waals surface area (Å²) in [5, 5.41) is 12.1. The van der Waals surface area contributed by atoms with Crippen molar-refractivity contribution in [3.63, 3.8) is 0 Å². The van der Waals surface area contributed by atoms with Crippen LogP contribution in [-0.2, 0) is 0 Å². The largest absolute Gasteiger partial charge is 0.411 e. The highest BCUT2D eigenvalue weighted by atomic mass is 16.4. The van der Waals surface area contributed by atoms with Gasteiger partial charge >= 0.3 is 0 Å². The minimum atomic E-state index is 0.221. The molecule has 1 aliphatic carbocycles. The summed E-state index contributed by atoms with van der Waals surface area (Å²) in [6, 6.07) is 8.01. The van der Waals surface area contributed by atoms with E-state index in [1.807, 2.05) is 18.2 Å². The maximum Gasteiger partial charge on any atom is 0.0511 e. The van der Waals surface area contributed by atoms with Crippen molar-refractivity contribution in [3.8, 4) is 0 Å². The zero-order chi connectivity index (χ0) is 13.7. The molecule has 19 heavy (non-hydrogen) atoms. The Labute approximate surface area is 114 Å². The van der Waals surface area contributed by atoms with Gasteiger partial charge < -0.3 is 10.9 Å². The molecule has 1 aromatic rings. The van der Waals surface area contributed by atoms with Gasteiger partial charge in [0.05, 0.1) is 6.21 Å². The first kappa shape index (κ1) is 13.7. The molecule has 0 radical (unpaired) electrons. The van der Waals surface area contributed by atoms with E-state index in [1.165, 1.54) is 29.6 Å². The molecule has 3 N–H and O–H groups in total. The number of allylic oxidation sites excluding steroid dienone is 2. The molecular formula is C16H22N2O. The van der Waals surface area contributed by atoms with Crippen molar-refractivity contribution in [1.82, 2.24) is 0 Å². The van der Waals surface area contributed by atoms with E-state index < -0.39 is 0 Å². The monoisotopic (exact) mass is 258 g/mol. The normalized spacial score (nSPS) is 19.5. The third-order valence-corrected chi connectivity index (χ3v) is 3.79. The molecule has 0 amide bonds. The fourth-order valence-electron chi connectivity index (χ4n) is 2.87. The highest BCUT2D eigenvalue weighted by Gasteiger charge is 2.25. The quantitative estimate of drug-likeness (QED) is 0.362. The first-order valence-electron chi connectivity index (χ1n) is 7.01. The van der Waals surface area contributed by atoms with E-state index in [-0.39, 0.29) is 5.92 Å². The van der Waals surface area contributed by atoms with Crippen LogP contribution in [0.25, 0.3) is 5.57 Å². The molecular weight excluding hydrogens is 236 g/mol. The second kappa shape index (κ2) is 6.41. The molecule has 0 heterocycles. The molecule has 0 fully saturated rings. The van der Waals surface area contributed by atoms with Gasteiger partial charge in [0.2, 0.25) is 0 Å². The summed E-state index contributed by atoms with van der Waals surface area (Å²) in [4.78, 5) is 0.